The van der Waals surface area contributed by atoms with Gasteiger partial charge >= 0.3 is 23.9 Å². The predicted octanol–water partition coefficient (Wildman–Crippen LogP) is 5.47. The Morgan fingerprint density at radius 2 is 0.926 bits per heavy atom. The molecule has 0 aromatic rings. The van der Waals surface area contributed by atoms with Crippen molar-refractivity contribution in [3.63, 3.8) is 0 Å². The van der Waals surface area contributed by atoms with Crippen LogP contribution in [0.2, 0.25) is 0 Å². The first-order valence-corrected chi connectivity index (χ1v) is 11.6. The largest absolute Gasteiger partial charge is 2.00 e. The van der Waals surface area contributed by atoms with Crippen LogP contribution in [0.4, 0.5) is 0 Å². The predicted molar refractivity (Wildman–Crippen MR) is 137 cm³/mol. The van der Waals surface area contributed by atoms with Crippen molar-refractivity contribution in [3.8, 4) is 0 Å². The summed E-state index contributed by atoms with van der Waals surface area (Å²) in [7, 11) is 0. The molecule has 0 aromatic heterocycles. The molecule has 27 heavy (non-hydrogen) atoms. The van der Waals surface area contributed by atoms with E-state index in [1.807, 2.05) is 0 Å². The van der Waals surface area contributed by atoms with Gasteiger partial charge in [-0.25, -0.2) is 0 Å². The van der Waals surface area contributed by atoms with Crippen LogP contribution >= 0.6 is 24.4 Å². The van der Waals surface area contributed by atoms with Crippen molar-refractivity contribution in [3.05, 3.63) is 13.8 Å². The minimum atomic E-state index is 0. The molecule has 0 amide bonds. The van der Waals surface area contributed by atoms with Gasteiger partial charge in [-0.15, -0.1) is 0 Å². The van der Waals surface area contributed by atoms with Crippen molar-refractivity contribution in [2.45, 2.75) is 78.1 Å². The van der Waals surface area contributed by atoms with Crippen molar-refractivity contribution >= 4 is 82.2 Å². The Kier molecular flexibility index (Phi) is 30.3. The Hall–Kier alpha value is 1.02. The molecule has 0 saturated carbocycles. The SMILES string of the molecule is S=C([S-])N1CCCCC1.S=C([S-])N1CCCCC1.[CH2]CCC.[CH2]CCC.[Sn+2]. The van der Waals surface area contributed by atoms with E-state index in [2.05, 4.69) is 37.5 Å². The van der Waals surface area contributed by atoms with Gasteiger partial charge in [0.25, 0.3) is 0 Å². The standard InChI is InChI=1S/2C6H11NS2.2C4H9.Sn/c2*8-6(9)7-4-2-1-3-5-7;2*1-3-4-2;/h2*1-5H2,(H,8,9);2*1,3-4H2,2H3;/q;;;;+2/p-2. The Morgan fingerprint density at radius 1 is 0.704 bits per heavy atom. The molecule has 2 aliphatic rings. The van der Waals surface area contributed by atoms with Gasteiger partial charge in [0.1, 0.15) is 0 Å². The maximum absolute atomic E-state index is 4.86. The second-order valence-corrected chi connectivity index (χ2v) is 8.40. The number of likely N-dealkylation sites (tertiary alicyclic amines) is 2. The molecule has 2 rings (SSSR count). The zero-order valence-electron chi connectivity index (χ0n) is 17.3. The van der Waals surface area contributed by atoms with Gasteiger partial charge in [0, 0.05) is 26.2 Å². The maximum atomic E-state index is 4.86. The summed E-state index contributed by atoms with van der Waals surface area (Å²) in [6.07, 6.45) is 12.3. The molecule has 2 heterocycles. The third-order valence-corrected chi connectivity index (χ3v) is 4.97. The van der Waals surface area contributed by atoms with Crippen LogP contribution in [-0.2, 0) is 25.3 Å². The third kappa shape index (κ3) is 23.2. The molecule has 4 radical (unpaired) electrons. The average molecular weight is 554 g/mol. The van der Waals surface area contributed by atoms with Crippen molar-refractivity contribution in [1.82, 2.24) is 9.80 Å². The van der Waals surface area contributed by atoms with E-state index in [1.54, 1.807) is 0 Å². The van der Waals surface area contributed by atoms with Crippen molar-refractivity contribution in [2.75, 3.05) is 26.2 Å². The molecule has 0 aliphatic carbocycles. The fourth-order valence-electron chi connectivity index (χ4n) is 2.15. The van der Waals surface area contributed by atoms with Gasteiger partial charge in [-0.1, -0.05) is 62.0 Å². The maximum Gasteiger partial charge on any atom is 2.00 e. The molecule has 2 fully saturated rings. The van der Waals surface area contributed by atoms with Gasteiger partial charge in [-0.05, 0) is 38.5 Å². The van der Waals surface area contributed by atoms with Crippen molar-refractivity contribution in [1.29, 1.82) is 0 Å². The number of rotatable bonds is 2. The summed E-state index contributed by atoms with van der Waals surface area (Å²) < 4.78 is 1.30. The number of hydrogen-bond acceptors (Lipinski definition) is 4. The van der Waals surface area contributed by atoms with Crippen LogP contribution in [0.3, 0.4) is 0 Å². The molecule has 0 bridgehead atoms. The Morgan fingerprint density at radius 3 is 1.04 bits per heavy atom. The number of piperidine rings is 2. The van der Waals surface area contributed by atoms with E-state index in [4.69, 9.17) is 49.7 Å². The number of nitrogens with zero attached hydrogens (tertiary/aromatic N) is 2. The summed E-state index contributed by atoms with van der Waals surface area (Å²) in [5.41, 5.74) is 0. The second kappa shape index (κ2) is 25.1. The normalized spacial score (nSPS) is 15.4. The molecule has 7 heteroatoms. The monoisotopic (exact) mass is 554 g/mol. The van der Waals surface area contributed by atoms with Crippen LogP contribution in [0.25, 0.3) is 0 Å². The van der Waals surface area contributed by atoms with E-state index in [1.165, 1.54) is 51.4 Å². The average Bonchev–Trinajstić information content (AvgIpc) is 2.70. The van der Waals surface area contributed by atoms with Crippen LogP contribution in [0.1, 0.15) is 78.1 Å². The fourth-order valence-corrected chi connectivity index (χ4v) is 2.88. The third-order valence-electron chi connectivity index (χ3n) is 3.94. The molecule has 0 unspecified atom stereocenters. The van der Waals surface area contributed by atoms with E-state index >= 15 is 0 Å². The Bertz CT molecular complexity index is 296. The molecule has 2 saturated heterocycles. The zero-order valence-corrected chi connectivity index (χ0v) is 23.5. The molecule has 0 atom stereocenters. The summed E-state index contributed by atoms with van der Waals surface area (Å²) in [4.78, 5) is 4.21. The molecule has 0 N–H and O–H groups in total. The van der Waals surface area contributed by atoms with Crippen LogP contribution in [0.5, 0.6) is 0 Å². The second-order valence-electron chi connectivity index (χ2n) is 6.33. The summed E-state index contributed by atoms with van der Waals surface area (Å²) in [5, 5.41) is 0. The summed E-state index contributed by atoms with van der Waals surface area (Å²) in [6.45, 7) is 15.8. The quantitative estimate of drug-likeness (QED) is 0.253. The summed E-state index contributed by atoms with van der Waals surface area (Å²) >= 11 is 19.4. The Labute approximate surface area is 208 Å². The number of hydrogen-bond donors (Lipinski definition) is 0. The van der Waals surface area contributed by atoms with E-state index in [0.29, 0.717) is 8.64 Å². The number of unbranched alkanes of at least 4 members (excludes halogenated alkanes) is 2. The Balaban J connectivity index is -0.000000303. The van der Waals surface area contributed by atoms with E-state index in [9.17, 15) is 0 Å². The molecular formula is C20H38N2S4Sn. The van der Waals surface area contributed by atoms with Gasteiger partial charge < -0.3 is 59.5 Å². The first-order chi connectivity index (χ1) is 12.4. The van der Waals surface area contributed by atoms with Gasteiger partial charge in [0.05, 0.1) is 0 Å². The van der Waals surface area contributed by atoms with Crippen LogP contribution in [0.15, 0.2) is 0 Å². The molecule has 0 spiro atoms. The fraction of sp³-hybridized carbons (Fsp3) is 0.800. The molecule has 0 aromatic carbocycles. The molecule has 156 valence electrons. The smallest absolute Gasteiger partial charge is 0.411 e. The van der Waals surface area contributed by atoms with Gasteiger partial charge in [-0.3, -0.25) is 0 Å². The molecular weight excluding hydrogens is 515 g/mol. The van der Waals surface area contributed by atoms with Gasteiger partial charge in [0.2, 0.25) is 0 Å². The topological polar surface area (TPSA) is 6.48 Å². The van der Waals surface area contributed by atoms with Crippen LogP contribution < -0.4 is 0 Å². The number of thiocarbonyl (C=S) groups is 2. The van der Waals surface area contributed by atoms with E-state index < -0.39 is 0 Å². The molecule has 2 aliphatic heterocycles. The van der Waals surface area contributed by atoms with E-state index in [-0.39, 0.29) is 23.9 Å². The van der Waals surface area contributed by atoms with Crippen LogP contribution in [-0.4, -0.2) is 68.5 Å². The van der Waals surface area contributed by atoms with Crippen molar-refractivity contribution in [2.24, 2.45) is 0 Å². The summed E-state index contributed by atoms with van der Waals surface area (Å²) in [6, 6.07) is 0. The zero-order chi connectivity index (χ0) is 20.2. The van der Waals surface area contributed by atoms with Crippen LogP contribution in [0, 0.1) is 13.8 Å². The first-order valence-electron chi connectivity index (χ1n) is 9.94. The molecule has 2 nitrogen and oxygen atoms in total. The summed E-state index contributed by atoms with van der Waals surface area (Å²) in [5.74, 6) is 0. The van der Waals surface area contributed by atoms with Crippen molar-refractivity contribution < 1.29 is 0 Å². The minimum absolute atomic E-state index is 0. The minimum Gasteiger partial charge on any atom is -0.411 e. The van der Waals surface area contributed by atoms with E-state index in [0.717, 1.165) is 39.0 Å². The van der Waals surface area contributed by atoms with Gasteiger partial charge in [-0.2, -0.15) is 0 Å². The first kappa shape index (κ1) is 32.7. The van der Waals surface area contributed by atoms with Gasteiger partial charge in [0.15, 0.2) is 0 Å².